The first-order valence-corrected chi connectivity index (χ1v) is 9.52. The van der Waals surface area contributed by atoms with Crippen molar-refractivity contribution in [3.05, 3.63) is 59.6 Å². The van der Waals surface area contributed by atoms with E-state index in [1.54, 1.807) is 13.0 Å². The molecule has 4 rings (SSSR count). The number of ether oxygens (including phenoxy) is 1. The maximum absolute atomic E-state index is 13.8. The van der Waals surface area contributed by atoms with E-state index in [2.05, 4.69) is 10.2 Å². The average Bonchev–Trinajstić information content (AvgIpc) is 3.36. The first kappa shape index (κ1) is 19.0. The number of nitrogens with one attached hydrogen (secondary N) is 1. The molecule has 0 unspecified atom stereocenters. The Labute approximate surface area is 167 Å². The highest BCUT2D eigenvalue weighted by molar-refractivity contribution is 5.98. The molecule has 0 spiro atoms. The van der Waals surface area contributed by atoms with Gasteiger partial charge in [-0.25, -0.2) is 9.18 Å². The Morgan fingerprint density at radius 1 is 1.14 bits per heavy atom. The molecule has 2 heterocycles. The highest BCUT2D eigenvalue weighted by Gasteiger charge is 2.21. The van der Waals surface area contributed by atoms with Crippen molar-refractivity contribution >= 4 is 34.2 Å². The first-order valence-electron chi connectivity index (χ1n) is 9.52. The van der Waals surface area contributed by atoms with Crippen molar-refractivity contribution in [1.29, 1.82) is 0 Å². The summed E-state index contributed by atoms with van der Waals surface area (Å²) in [6.07, 6.45) is 2.39. The molecule has 1 saturated heterocycles. The van der Waals surface area contributed by atoms with E-state index in [9.17, 15) is 14.0 Å². The number of para-hydroxylation sites is 1. The second kappa shape index (κ2) is 7.95. The number of esters is 1. The van der Waals surface area contributed by atoms with Gasteiger partial charge in [0.1, 0.15) is 0 Å². The number of furan rings is 1. The van der Waals surface area contributed by atoms with Gasteiger partial charge in [0.05, 0.1) is 0 Å². The summed E-state index contributed by atoms with van der Waals surface area (Å²) in [5.41, 5.74) is 2.22. The fraction of sp³-hybridized carbons (Fsp3) is 0.273. The second-order valence-corrected chi connectivity index (χ2v) is 7.04. The molecule has 0 atom stereocenters. The molecule has 0 radical (unpaired) electrons. The van der Waals surface area contributed by atoms with Crippen molar-refractivity contribution < 1.29 is 23.1 Å². The molecule has 2 aromatic carbocycles. The highest BCUT2D eigenvalue weighted by atomic mass is 19.1. The van der Waals surface area contributed by atoms with Gasteiger partial charge in [0.15, 0.2) is 18.0 Å². The molecule has 1 aliphatic heterocycles. The third kappa shape index (κ3) is 3.94. The molecule has 1 amide bonds. The number of fused-ring (bicyclic) bond motifs is 1. The molecule has 7 heteroatoms. The van der Waals surface area contributed by atoms with Crippen LogP contribution in [-0.2, 0) is 9.53 Å². The lowest BCUT2D eigenvalue weighted by molar-refractivity contribution is -0.119. The van der Waals surface area contributed by atoms with Gasteiger partial charge < -0.3 is 19.4 Å². The lowest BCUT2D eigenvalue weighted by Gasteiger charge is -2.17. The zero-order valence-electron chi connectivity index (χ0n) is 16.0. The highest BCUT2D eigenvalue weighted by Crippen LogP contribution is 2.27. The van der Waals surface area contributed by atoms with Gasteiger partial charge in [0.2, 0.25) is 5.76 Å². The van der Waals surface area contributed by atoms with Gasteiger partial charge >= 0.3 is 5.97 Å². The van der Waals surface area contributed by atoms with Crippen LogP contribution in [0.15, 0.2) is 46.9 Å². The van der Waals surface area contributed by atoms with Crippen molar-refractivity contribution in [1.82, 2.24) is 0 Å². The van der Waals surface area contributed by atoms with Gasteiger partial charge in [-0.2, -0.15) is 0 Å². The number of rotatable bonds is 5. The second-order valence-electron chi connectivity index (χ2n) is 7.04. The Morgan fingerprint density at radius 3 is 2.55 bits per heavy atom. The predicted molar refractivity (Wildman–Crippen MR) is 108 cm³/mol. The number of hydrogen-bond acceptors (Lipinski definition) is 5. The molecule has 0 aliphatic carbocycles. The number of halogens is 1. The Hall–Kier alpha value is -3.35. The SMILES string of the molecule is Cc1c(C(=O)OCC(=O)Nc2ccc(N3CCCC3)cc2)oc2c(F)cccc12. The Morgan fingerprint density at radius 2 is 1.86 bits per heavy atom. The largest absolute Gasteiger partial charge is 0.450 e. The molecule has 1 fully saturated rings. The Balaban J connectivity index is 1.35. The lowest BCUT2D eigenvalue weighted by atomic mass is 10.1. The van der Waals surface area contributed by atoms with Crippen molar-refractivity contribution in [3.63, 3.8) is 0 Å². The molecule has 3 aromatic rings. The standard InChI is InChI=1S/C22H21FN2O4/c1-14-17-5-4-6-18(23)21(17)29-20(14)22(27)28-13-19(26)24-15-7-9-16(10-8-15)25-11-2-3-12-25/h4-10H,2-3,11-13H2,1H3,(H,24,26). The first-order chi connectivity index (χ1) is 14.0. The van der Waals surface area contributed by atoms with Crippen molar-refractivity contribution in [2.75, 3.05) is 29.9 Å². The number of aryl methyl sites for hydroxylation is 1. The van der Waals surface area contributed by atoms with Crippen LogP contribution >= 0.6 is 0 Å². The quantitative estimate of drug-likeness (QED) is 0.652. The van der Waals surface area contributed by atoms with E-state index in [0.29, 0.717) is 16.6 Å². The topological polar surface area (TPSA) is 71.8 Å². The van der Waals surface area contributed by atoms with E-state index in [1.807, 2.05) is 24.3 Å². The predicted octanol–water partition coefficient (Wildman–Crippen LogP) is 4.28. The van der Waals surface area contributed by atoms with Crippen LogP contribution in [0.25, 0.3) is 11.0 Å². The number of carbonyl (C=O) groups is 2. The van der Waals surface area contributed by atoms with Gasteiger partial charge in [-0.1, -0.05) is 12.1 Å². The summed E-state index contributed by atoms with van der Waals surface area (Å²) in [5, 5.41) is 3.19. The van der Waals surface area contributed by atoms with Gasteiger partial charge in [0.25, 0.3) is 5.91 Å². The van der Waals surface area contributed by atoms with Crippen LogP contribution in [0.4, 0.5) is 15.8 Å². The number of carbonyl (C=O) groups excluding carboxylic acids is 2. The average molecular weight is 396 g/mol. The van der Waals surface area contributed by atoms with Gasteiger partial charge in [-0.3, -0.25) is 4.79 Å². The molecule has 1 N–H and O–H groups in total. The molecular weight excluding hydrogens is 375 g/mol. The molecular formula is C22H21FN2O4. The lowest BCUT2D eigenvalue weighted by Crippen LogP contribution is -2.21. The summed E-state index contributed by atoms with van der Waals surface area (Å²) in [4.78, 5) is 26.7. The van der Waals surface area contributed by atoms with E-state index >= 15 is 0 Å². The Bertz CT molecular complexity index is 1050. The van der Waals surface area contributed by atoms with E-state index in [4.69, 9.17) is 9.15 Å². The maximum Gasteiger partial charge on any atom is 0.375 e. The smallest absolute Gasteiger partial charge is 0.375 e. The third-order valence-electron chi connectivity index (χ3n) is 5.06. The number of benzene rings is 2. The minimum atomic E-state index is -0.808. The maximum atomic E-state index is 13.8. The fourth-order valence-corrected chi connectivity index (χ4v) is 3.53. The summed E-state index contributed by atoms with van der Waals surface area (Å²) < 4.78 is 24.2. The zero-order valence-corrected chi connectivity index (χ0v) is 16.0. The van der Waals surface area contributed by atoms with Gasteiger partial charge in [0, 0.05) is 35.4 Å². The summed E-state index contributed by atoms with van der Waals surface area (Å²) in [5.74, 6) is -1.93. The third-order valence-corrected chi connectivity index (χ3v) is 5.06. The molecule has 0 saturated carbocycles. The van der Waals surface area contributed by atoms with Crippen LogP contribution in [-0.4, -0.2) is 31.6 Å². The van der Waals surface area contributed by atoms with Crippen LogP contribution in [0.1, 0.15) is 29.0 Å². The van der Waals surface area contributed by atoms with E-state index in [1.165, 1.54) is 25.0 Å². The fourth-order valence-electron chi connectivity index (χ4n) is 3.53. The minimum Gasteiger partial charge on any atom is -0.450 e. The zero-order chi connectivity index (χ0) is 20.4. The number of nitrogens with zero attached hydrogens (tertiary/aromatic N) is 1. The number of hydrogen-bond donors (Lipinski definition) is 1. The molecule has 1 aromatic heterocycles. The van der Waals surface area contributed by atoms with Crippen LogP contribution in [0, 0.1) is 12.7 Å². The van der Waals surface area contributed by atoms with Crippen molar-refractivity contribution in [2.24, 2.45) is 0 Å². The van der Waals surface area contributed by atoms with Crippen LogP contribution < -0.4 is 10.2 Å². The molecule has 0 bridgehead atoms. The Kier molecular flexibility index (Phi) is 5.20. The monoisotopic (exact) mass is 396 g/mol. The van der Waals surface area contributed by atoms with E-state index in [0.717, 1.165) is 18.8 Å². The van der Waals surface area contributed by atoms with Crippen molar-refractivity contribution in [2.45, 2.75) is 19.8 Å². The summed E-state index contributed by atoms with van der Waals surface area (Å²) in [6.45, 7) is 3.27. The molecule has 1 aliphatic rings. The normalized spacial score (nSPS) is 13.7. The minimum absolute atomic E-state index is 0.000469. The molecule has 29 heavy (non-hydrogen) atoms. The van der Waals surface area contributed by atoms with E-state index < -0.39 is 24.3 Å². The molecule has 6 nitrogen and oxygen atoms in total. The summed E-state index contributed by atoms with van der Waals surface area (Å²) >= 11 is 0. The summed E-state index contributed by atoms with van der Waals surface area (Å²) in [7, 11) is 0. The van der Waals surface area contributed by atoms with Gasteiger partial charge in [-0.05, 0) is 50.1 Å². The van der Waals surface area contributed by atoms with Crippen LogP contribution in [0.3, 0.4) is 0 Å². The summed E-state index contributed by atoms with van der Waals surface area (Å²) in [6, 6.07) is 12.0. The van der Waals surface area contributed by atoms with E-state index in [-0.39, 0.29) is 11.3 Å². The van der Waals surface area contributed by atoms with Crippen LogP contribution in [0.5, 0.6) is 0 Å². The number of amides is 1. The van der Waals surface area contributed by atoms with Crippen molar-refractivity contribution in [3.8, 4) is 0 Å². The molecule has 150 valence electrons. The number of anilines is 2. The van der Waals surface area contributed by atoms with Crippen LogP contribution in [0.2, 0.25) is 0 Å². The van der Waals surface area contributed by atoms with Gasteiger partial charge in [-0.15, -0.1) is 0 Å².